The van der Waals surface area contributed by atoms with Crippen LogP contribution in [-0.4, -0.2) is 49.7 Å². The first-order valence-electron chi connectivity index (χ1n) is 5.52. The molecule has 0 saturated heterocycles. The van der Waals surface area contributed by atoms with E-state index in [4.69, 9.17) is 0 Å². The molecule has 0 heterocycles. The molecular formula is C11H24N2O2. The van der Waals surface area contributed by atoms with Crippen molar-refractivity contribution in [2.45, 2.75) is 39.8 Å². The number of methoxy groups -OCH3 is 1. The second-order valence-corrected chi connectivity index (χ2v) is 4.18. The van der Waals surface area contributed by atoms with Crippen molar-refractivity contribution < 1.29 is 9.53 Å². The zero-order valence-corrected chi connectivity index (χ0v) is 10.5. The fourth-order valence-electron chi connectivity index (χ4n) is 1.58. The summed E-state index contributed by atoms with van der Waals surface area (Å²) >= 11 is 0. The van der Waals surface area contributed by atoms with Crippen LogP contribution in [0.3, 0.4) is 0 Å². The van der Waals surface area contributed by atoms with E-state index in [1.165, 1.54) is 7.11 Å². The molecule has 4 heteroatoms. The number of ether oxygens (including phenoxy) is 1. The molecule has 15 heavy (non-hydrogen) atoms. The lowest BCUT2D eigenvalue weighted by atomic mass is 10.2. The van der Waals surface area contributed by atoms with Gasteiger partial charge in [-0.1, -0.05) is 0 Å². The fraction of sp³-hybridized carbons (Fsp3) is 0.909. The van der Waals surface area contributed by atoms with Crippen LogP contribution in [0.15, 0.2) is 0 Å². The summed E-state index contributed by atoms with van der Waals surface area (Å²) in [4.78, 5) is 13.2. The van der Waals surface area contributed by atoms with E-state index >= 15 is 0 Å². The smallest absolute Gasteiger partial charge is 0.319 e. The number of esters is 1. The van der Waals surface area contributed by atoms with E-state index < -0.39 is 0 Å². The van der Waals surface area contributed by atoms with Crippen molar-refractivity contribution in [1.29, 1.82) is 0 Å². The Labute approximate surface area is 93.0 Å². The van der Waals surface area contributed by atoms with E-state index in [-0.39, 0.29) is 5.97 Å². The highest BCUT2D eigenvalue weighted by Gasteiger charge is 2.12. The predicted molar refractivity (Wildman–Crippen MR) is 61.9 cm³/mol. The summed E-state index contributed by atoms with van der Waals surface area (Å²) in [5.74, 6) is -0.212. The zero-order chi connectivity index (χ0) is 11.8. The second kappa shape index (κ2) is 7.65. The first-order valence-corrected chi connectivity index (χ1v) is 5.52. The van der Waals surface area contributed by atoms with Crippen LogP contribution in [0.5, 0.6) is 0 Å². The number of carbonyl (C=O) groups is 1. The molecule has 0 aliphatic rings. The molecule has 0 amide bonds. The van der Waals surface area contributed by atoms with E-state index in [1.54, 1.807) is 0 Å². The third-order valence-corrected chi connectivity index (χ3v) is 2.37. The lowest BCUT2D eigenvalue weighted by molar-refractivity contribution is -0.139. The molecule has 0 unspecified atom stereocenters. The standard InChI is InChI=1S/C11H24N2O2/c1-9(2)13(10(3)4)7-6-12-8-11(14)15-5/h9-10,12H,6-8H2,1-5H3. The number of hydrogen-bond acceptors (Lipinski definition) is 4. The van der Waals surface area contributed by atoms with Crippen LogP contribution in [0.2, 0.25) is 0 Å². The molecule has 0 bridgehead atoms. The molecule has 0 aliphatic heterocycles. The van der Waals surface area contributed by atoms with Gasteiger partial charge in [0.25, 0.3) is 0 Å². The highest BCUT2D eigenvalue weighted by molar-refractivity contribution is 5.71. The summed E-state index contributed by atoms with van der Waals surface area (Å²) < 4.78 is 4.54. The highest BCUT2D eigenvalue weighted by atomic mass is 16.5. The van der Waals surface area contributed by atoms with E-state index in [1.807, 2.05) is 0 Å². The van der Waals surface area contributed by atoms with Gasteiger partial charge in [-0.25, -0.2) is 0 Å². The third kappa shape index (κ3) is 6.47. The van der Waals surface area contributed by atoms with Crippen LogP contribution in [0.1, 0.15) is 27.7 Å². The Hall–Kier alpha value is -0.610. The van der Waals surface area contributed by atoms with Crippen molar-refractivity contribution in [3.8, 4) is 0 Å². The Balaban J connectivity index is 3.68. The molecule has 0 radical (unpaired) electrons. The van der Waals surface area contributed by atoms with Gasteiger partial charge >= 0.3 is 5.97 Å². The maximum atomic E-state index is 10.8. The van der Waals surface area contributed by atoms with Gasteiger partial charge in [0.05, 0.1) is 13.7 Å². The summed E-state index contributed by atoms with van der Waals surface area (Å²) in [6.07, 6.45) is 0. The van der Waals surface area contributed by atoms with Gasteiger partial charge in [0, 0.05) is 25.2 Å². The number of carbonyl (C=O) groups excluding carboxylic acids is 1. The lowest BCUT2D eigenvalue weighted by Gasteiger charge is -2.30. The zero-order valence-electron chi connectivity index (χ0n) is 10.5. The predicted octanol–water partition coefficient (Wildman–Crippen LogP) is 0.868. The number of nitrogens with one attached hydrogen (secondary N) is 1. The SMILES string of the molecule is COC(=O)CNCCN(C(C)C)C(C)C. The molecule has 1 N–H and O–H groups in total. The van der Waals surface area contributed by atoms with Gasteiger partial charge in [-0.15, -0.1) is 0 Å². The van der Waals surface area contributed by atoms with Gasteiger partial charge in [-0.2, -0.15) is 0 Å². The average molecular weight is 216 g/mol. The largest absolute Gasteiger partial charge is 0.468 e. The van der Waals surface area contributed by atoms with Crippen LogP contribution in [0.4, 0.5) is 0 Å². The Morgan fingerprint density at radius 3 is 2.20 bits per heavy atom. The van der Waals surface area contributed by atoms with E-state index in [0.29, 0.717) is 18.6 Å². The maximum Gasteiger partial charge on any atom is 0.319 e. The summed E-state index contributed by atoms with van der Waals surface area (Å²) in [7, 11) is 1.40. The number of hydrogen-bond donors (Lipinski definition) is 1. The first-order chi connectivity index (χ1) is 6.99. The van der Waals surface area contributed by atoms with Crippen molar-refractivity contribution in [3.05, 3.63) is 0 Å². The van der Waals surface area contributed by atoms with Crippen molar-refractivity contribution in [2.24, 2.45) is 0 Å². The third-order valence-electron chi connectivity index (χ3n) is 2.37. The Bertz CT molecular complexity index is 173. The van der Waals surface area contributed by atoms with Crippen LogP contribution in [-0.2, 0) is 9.53 Å². The maximum absolute atomic E-state index is 10.8. The molecule has 0 aromatic rings. The Morgan fingerprint density at radius 2 is 1.80 bits per heavy atom. The molecule has 4 nitrogen and oxygen atoms in total. The van der Waals surface area contributed by atoms with Gasteiger partial charge in [0.2, 0.25) is 0 Å². The Morgan fingerprint density at radius 1 is 1.27 bits per heavy atom. The van der Waals surface area contributed by atoms with E-state index in [9.17, 15) is 4.79 Å². The molecule has 0 spiro atoms. The molecule has 0 atom stereocenters. The minimum Gasteiger partial charge on any atom is -0.468 e. The van der Waals surface area contributed by atoms with Crippen LogP contribution < -0.4 is 5.32 Å². The van der Waals surface area contributed by atoms with Crippen LogP contribution in [0, 0.1) is 0 Å². The molecule has 0 rings (SSSR count). The highest BCUT2D eigenvalue weighted by Crippen LogP contribution is 2.02. The number of rotatable bonds is 7. The van der Waals surface area contributed by atoms with Crippen molar-refractivity contribution in [3.63, 3.8) is 0 Å². The quantitative estimate of drug-likeness (QED) is 0.506. The summed E-state index contributed by atoms with van der Waals surface area (Å²) in [6.45, 7) is 10.8. The first kappa shape index (κ1) is 14.4. The Kier molecular flexibility index (Phi) is 7.34. The molecule has 0 aromatic carbocycles. The van der Waals surface area contributed by atoms with E-state index in [0.717, 1.165) is 13.1 Å². The minimum absolute atomic E-state index is 0.212. The van der Waals surface area contributed by atoms with Crippen LogP contribution >= 0.6 is 0 Å². The van der Waals surface area contributed by atoms with Gasteiger partial charge in [-0.05, 0) is 27.7 Å². The summed E-state index contributed by atoms with van der Waals surface area (Å²) in [6, 6.07) is 1.06. The monoisotopic (exact) mass is 216 g/mol. The second-order valence-electron chi connectivity index (χ2n) is 4.18. The molecule has 0 aliphatic carbocycles. The lowest BCUT2D eigenvalue weighted by Crippen LogP contribution is -2.42. The van der Waals surface area contributed by atoms with Crippen molar-refractivity contribution >= 4 is 5.97 Å². The molecule has 90 valence electrons. The van der Waals surface area contributed by atoms with Gasteiger partial charge in [0.1, 0.15) is 0 Å². The summed E-state index contributed by atoms with van der Waals surface area (Å²) in [5, 5.41) is 3.06. The summed E-state index contributed by atoms with van der Waals surface area (Å²) in [5.41, 5.74) is 0. The number of nitrogens with zero attached hydrogens (tertiary/aromatic N) is 1. The van der Waals surface area contributed by atoms with E-state index in [2.05, 4.69) is 42.6 Å². The topological polar surface area (TPSA) is 41.6 Å². The molecule has 0 aromatic heterocycles. The molecular weight excluding hydrogens is 192 g/mol. The normalized spacial score (nSPS) is 11.5. The van der Waals surface area contributed by atoms with Gasteiger partial charge in [-0.3, -0.25) is 9.69 Å². The van der Waals surface area contributed by atoms with Crippen molar-refractivity contribution in [1.82, 2.24) is 10.2 Å². The van der Waals surface area contributed by atoms with Crippen LogP contribution in [0.25, 0.3) is 0 Å². The van der Waals surface area contributed by atoms with Crippen molar-refractivity contribution in [2.75, 3.05) is 26.7 Å². The minimum atomic E-state index is -0.212. The average Bonchev–Trinajstić information content (AvgIpc) is 2.15. The fourth-order valence-corrected chi connectivity index (χ4v) is 1.58. The molecule has 0 fully saturated rings. The molecule has 0 saturated carbocycles. The van der Waals surface area contributed by atoms with Gasteiger partial charge in [0.15, 0.2) is 0 Å². The van der Waals surface area contributed by atoms with Gasteiger partial charge < -0.3 is 10.1 Å².